The summed E-state index contributed by atoms with van der Waals surface area (Å²) in [7, 11) is -0.576. The van der Waals surface area contributed by atoms with E-state index in [4.69, 9.17) is 11.6 Å². The van der Waals surface area contributed by atoms with Crippen molar-refractivity contribution in [1.29, 1.82) is 0 Å². The molecule has 0 fully saturated rings. The number of sulfonamides is 1. The van der Waals surface area contributed by atoms with E-state index in [1.807, 2.05) is 19.1 Å². The molecule has 0 unspecified atom stereocenters. The summed E-state index contributed by atoms with van der Waals surface area (Å²) in [5.74, 6) is -0.272. The molecule has 0 spiro atoms. The lowest BCUT2D eigenvalue weighted by molar-refractivity contribution is 0.0940. The number of hydrogen-bond acceptors (Lipinski definition) is 3. The molecular formula is C17H19ClN2O3S. The number of nitrogens with one attached hydrogen (secondary N) is 1. The molecule has 0 heterocycles. The standard InChI is InChI=1S/C17H19ClN2O3S/c1-12(13-4-8-15(18)9-5-13)19-17(21)14-6-10-16(11-7-14)24(22,23)20(2)3/h4-12H,1-3H3,(H,19,21)/t12-/m0/s1. The first-order chi connectivity index (χ1) is 11.2. The Morgan fingerprint density at radius 3 is 2.08 bits per heavy atom. The van der Waals surface area contributed by atoms with Crippen molar-refractivity contribution in [2.75, 3.05) is 14.1 Å². The van der Waals surface area contributed by atoms with Gasteiger partial charge >= 0.3 is 0 Å². The fourth-order valence-electron chi connectivity index (χ4n) is 2.10. The predicted octanol–water partition coefficient (Wildman–Crippen LogP) is 3.08. The maximum absolute atomic E-state index is 12.3. The number of amides is 1. The molecule has 0 radical (unpaired) electrons. The van der Waals surface area contributed by atoms with E-state index >= 15 is 0 Å². The minimum atomic E-state index is -3.50. The van der Waals surface area contributed by atoms with Gasteiger partial charge in [0.05, 0.1) is 10.9 Å². The van der Waals surface area contributed by atoms with Gasteiger partial charge in [-0.25, -0.2) is 12.7 Å². The van der Waals surface area contributed by atoms with Crippen molar-refractivity contribution in [3.05, 3.63) is 64.7 Å². The maximum atomic E-state index is 12.3. The molecule has 1 amide bonds. The highest BCUT2D eigenvalue weighted by atomic mass is 35.5. The van der Waals surface area contributed by atoms with Crippen LogP contribution < -0.4 is 5.32 Å². The largest absolute Gasteiger partial charge is 0.346 e. The molecule has 24 heavy (non-hydrogen) atoms. The van der Waals surface area contributed by atoms with Crippen LogP contribution in [0.25, 0.3) is 0 Å². The van der Waals surface area contributed by atoms with Gasteiger partial charge in [-0.2, -0.15) is 0 Å². The van der Waals surface area contributed by atoms with Gasteiger partial charge in [0, 0.05) is 24.7 Å². The van der Waals surface area contributed by atoms with Crippen LogP contribution >= 0.6 is 11.6 Å². The van der Waals surface area contributed by atoms with E-state index in [2.05, 4.69) is 5.32 Å². The van der Waals surface area contributed by atoms with E-state index in [-0.39, 0.29) is 16.8 Å². The van der Waals surface area contributed by atoms with Gasteiger partial charge in [0.15, 0.2) is 0 Å². The molecule has 1 atom stereocenters. The summed E-state index contributed by atoms with van der Waals surface area (Å²) in [6.07, 6.45) is 0. The van der Waals surface area contributed by atoms with Crippen LogP contribution in [0, 0.1) is 0 Å². The van der Waals surface area contributed by atoms with Crippen LogP contribution in [0.1, 0.15) is 28.9 Å². The second-order valence-electron chi connectivity index (χ2n) is 5.56. The molecule has 0 bridgehead atoms. The number of rotatable bonds is 5. The van der Waals surface area contributed by atoms with E-state index in [0.29, 0.717) is 10.6 Å². The predicted molar refractivity (Wildman–Crippen MR) is 94.6 cm³/mol. The van der Waals surface area contributed by atoms with Crippen LogP contribution in [0.3, 0.4) is 0 Å². The number of halogens is 1. The van der Waals surface area contributed by atoms with E-state index in [1.165, 1.54) is 38.4 Å². The Labute approximate surface area is 147 Å². The van der Waals surface area contributed by atoms with Crippen molar-refractivity contribution in [3.8, 4) is 0 Å². The Morgan fingerprint density at radius 2 is 1.58 bits per heavy atom. The van der Waals surface area contributed by atoms with Gasteiger partial charge in [0.25, 0.3) is 5.91 Å². The van der Waals surface area contributed by atoms with Gasteiger partial charge in [0.2, 0.25) is 10.0 Å². The quantitative estimate of drug-likeness (QED) is 0.884. The Bertz CT molecular complexity index is 816. The summed E-state index contributed by atoms with van der Waals surface area (Å²) in [5.41, 5.74) is 1.33. The molecule has 2 aromatic carbocycles. The second kappa shape index (κ2) is 7.34. The summed E-state index contributed by atoms with van der Waals surface area (Å²) < 4.78 is 25.2. The van der Waals surface area contributed by atoms with Crippen LogP contribution in [0.4, 0.5) is 0 Å². The molecule has 0 aliphatic rings. The van der Waals surface area contributed by atoms with E-state index < -0.39 is 10.0 Å². The average Bonchev–Trinajstić information content (AvgIpc) is 2.55. The van der Waals surface area contributed by atoms with Crippen LogP contribution in [0.15, 0.2) is 53.4 Å². The molecule has 7 heteroatoms. The molecule has 0 saturated carbocycles. The summed E-state index contributed by atoms with van der Waals surface area (Å²) in [5, 5.41) is 3.51. The topological polar surface area (TPSA) is 66.5 Å². The maximum Gasteiger partial charge on any atom is 0.251 e. The molecule has 1 N–H and O–H groups in total. The van der Waals surface area contributed by atoms with Crippen LogP contribution in [-0.4, -0.2) is 32.7 Å². The Kier molecular flexibility index (Phi) is 5.64. The van der Waals surface area contributed by atoms with Crippen molar-refractivity contribution >= 4 is 27.5 Å². The van der Waals surface area contributed by atoms with Gasteiger partial charge in [-0.1, -0.05) is 23.7 Å². The fraction of sp³-hybridized carbons (Fsp3) is 0.235. The average molecular weight is 367 g/mol. The van der Waals surface area contributed by atoms with Crippen LogP contribution in [-0.2, 0) is 10.0 Å². The van der Waals surface area contributed by atoms with Crippen molar-refractivity contribution in [1.82, 2.24) is 9.62 Å². The highest BCUT2D eigenvalue weighted by Gasteiger charge is 2.18. The summed E-state index contributed by atoms with van der Waals surface area (Å²) >= 11 is 5.85. The lowest BCUT2D eigenvalue weighted by Gasteiger charge is -2.15. The smallest absolute Gasteiger partial charge is 0.251 e. The first-order valence-corrected chi connectivity index (χ1v) is 9.12. The van der Waals surface area contributed by atoms with Crippen molar-refractivity contribution in [2.45, 2.75) is 17.9 Å². The Morgan fingerprint density at radius 1 is 1.04 bits per heavy atom. The van der Waals surface area contributed by atoms with Gasteiger partial charge in [0.1, 0.15) is 0 Å². The van der Waals surface area contributed by atoms with Crippen LogP contribution in [0.5, 0.6) is 0 Å². The fourth-order valence-corrected chi connectivity index (χ4v) is 3.13. The zero-order valence-electron chi connectivity index (χ0n) is 13.7. The minimum Gasteiger partial charge on any atom is -0.346 e. The molecule has 0 aliphatic carbocycles. The number of carbonyl (C=O) groups is 1. The first-order valence-electron chi connectivity index (χ1n) is 7.31. The Balaban J connectivity index is 2.11. The second-order valence-corrected chi connectivity index (χ2v) is 8.15. The highest BCUT2D eigenvalue weighted by Crippen LogP contribution is 2.18. The van der Waals surface area contributed by atoms with Crippen molar-refractivity contribution in [3.63, 3.8) is 0 Å². The minimum absolute atomic E-state index is 0.148. The number of hydrogen-bond donors (Lipinski definition) is 1. The van der Waals surface area contributed by atoms with Crippen molar-refractivity contribution in [2.24, 2.45) is 0 Å². The summed E-state index contributed by atoms with van der Waals surface area (Å²) in [4.78, 5) is 12.4. The molecular weight excluding hydrogens is 348 g/mol. The summed E-state index contributed by atoms with van der Waals surface area (Å²) in [6.45, 7) is 1.87. The van der Waals surface area contributed by atoms with E-state index in [0.717, 1.165) is 9.87 Å². The molecule has 2 aromatic rings. The third kappa shape index (κ3) is 4.14. The van der Waals surface area contributed by atoms with E-state index in [9.17, 15) is 13.2 Å². The normalized spacial score (nSPS) is 12.9. The number of carbonyl (C=O) groups excluding carboxylic acids is 1. The highest BCUT2D eigenvalue weighted by molar-refractivity contribution is 7.89. The monoisotopic (exact) mass is 366 g/mol. The van der Waals surface area contributed by atoms with Gasteiger partial charge in [-0.3, -0.25) is 4.79 Å². The zero-order valence-corrected chi connectivity index (χ0v) is 15.2. The molecule has 0 aliphatic heterocycles. The molecule has 128 valence electrons. The van der Waals surface area contributed by atoms with E-state index in [1.54, 1.807) is 12.1 Å². The third-order valence-corrected chi connectivity index (χ3v) is 5.69. The lowest BCUT2D eigenvalue weighted by atomic mass is 10.1. The SMILES string of the molecule is C[C@H](NC(=O)c1ccc(S(=O)(=O)N(C)C)cc1)c1ccc(Cl)cc1. The summed E-state index contributed by atoms with van der Waals surface area (Å²) in [6, 6.07) is 12.9. The molecule has 2 rings (SSSR count). The van der Waals surface area contributed by atoms with Gasteiger partial charge < -0.3 is 5.32 Å². The Hall–Kier alpha value is -1.89. The number of benzene rings is 2. The van der Waals surface area contributed by atoms with Crippen LogP contribution in [0.2, 0.25) is 5.02 Å². The molecule has 0 aromatic heterocycles. The van der Waals surface area contributed by atoms with Crippen molar-refractivity contribution < 1.29 is 13.2 Å². The first kappa shape index (κ1) is 18.4. The number of nitrogens with zero attached hydrogens (tertiary/aromatic N) is 1. The van der Waals surface area contributed by atoms with Gasteiger partial charge in [-0.15, -0.1) is 0 Å². The third-order valence-electron chi connectivity index (χ3n) is 3.61. The molecule has 0 saturated heterocycles. The lowest BCUT2D eigenvalue weighted by Crippen LogP contribution is -2.27. The molecule has 5 nitrogen and oxygen atoms in total. The van der Waals surface area contributed by atoms with Gasteiger partial charge in [-0.05, 0) is 48.9 Å². The zero-order chi connectivity index (χ0) is 17.9.